The van der Waals surface area contributed by atoms with Gasteiger partial charge in [-0.1, -0.05) is 68.7 Å². The third kappa shape index (κ3) is 3.49. The highest BCUT2D eigenvalue weighted by Crippen LogP contribution is 2.39. The van der Waals surface area contributed by atoms with Gasteiger partial charge in [0.1, 0.15) is 16.5 Å². The molecule has 0 spiro atoms. The third-order valence-corrected chi connectivity index (χ3v) is 15.9. The van der Waals surface area contributed by atoms with Crippen LogP contribution in [0.4, 0.5) is 0 Å². The quantitative estimate of drug-likeness (QED) is 0.746. The lowest BCUT2D eigenvalue weighted by atomic mass is 9.94. The number of carboxylic acids is 1. The molecule has 0 saturated carbocycles. The summed E-state index contributed by atoms with van der Waals surface area (Å²) < 4.78 is 2.80. The molecule has 1 heterocycles. The lowest BCUT2D eigenvalue weighted by Gasteiger charge is -2.39. The molecule has 3 rings (SSSR count). The van der Waals surface area contributed by atoms with E-state index in [1.54, 1.807) is 6.07 Å². The molecule has 1 fully saturated rings. The molecule has 1 aliphatic heterocycles. The number of nitrogens with zero attached hydrogens (tertiary/aromatic N) is 1. The van der Waals surface area contributed by atoms with Crippen molar-refractivity contribution in [1.82, 2.24) is 4.23 Å². The summed E-state index contributed by atoms with van der Waals surface area (Å²) in [5.41, 5.74) is 3.43. The largest absolute Gasteiger partial charge is 0.478 e. The first kappa shape index (κ1) is 18.1. The molecule has 1 N–H and O–H groups in total. The van der Waals surface area contributed by atoms with Crippen molar-refractivity contribution in [2.45, 2.75) is 44.8 Å². The number of benzene rings is 2. The van der Waals surface area contributed by atoms with E-state index in [0.29, 0.717) is 5.56 Å². The van der Waals surface area contributed by atoms with Crippen LogP contribution < -0.4 is 0 Å². The fourth-order valence-corrected chi connectivity index (χ4v) is 18.0. The molecule has 25 heavy (non-hydrogen) atoms. The molecule has 0 amide bonds. The van der Waals surface area contributed by atoms with Crippen LogP contribution in [-0.2, 0) is 6.54 Å². The summed E-state index contributed by atoms with van der Waals surface area (Å²) in [5.74, 6) is -0.852. The van der Waals surface area contributed by atoms with Crippen molar-refractivity contribution in [3.63, 3.8) is 0 Å². The highest BCUT2D eigenvalue weighted by molar-refractivity contribution is 6.95. The van der Waals surface area contributed by atoms with Crippen molar-refractivity contribution < 1.29 is 9.90 Å². The number of carboxylic acid groups (broad SMARTS) is 1. The Hall–Kier alpha value is -1.70. The van der Waals surface area contributed by atoms with Crippen molar-refractivity contribution in [3.8, 4) is 11.1 Å². The second-order valence-corrected chi connectivity index (χ2v) is 18.0. The summed E-state index contributed by atoms with van der Waals surface area (Å²) in [6.07, 6.45) is 0. The predicted octanol–water partition coefficient (Wildman–Crippen LogP) is 5.28. The second kappa shape index (κ2) is 6.55. The fraction of sp³-hybridized carbons (Fsp3) is 0.350. The van der Waals surface area contributed by atoms with E-state index in [1.165, 1.54) is 12.1 Å². The van der Waals surface area contributed by atoms with Gasteiger partial charge in [-0.2, -0.15) is 0 Å². The zero-order chi connectivity index (χ0) is 18.2. The van der Waals surface area contributed by atoms with Crippen LogP contribution in [-0.4, -0.2) is 31.8 Å². The molecule has 1 saturated heterocycles. The topological polar surface area (TPSA) is 40.5 Å². The zero-order valence-electron chi connectivity index (χ0n) is 15.5. The molecule has 0 aliphatic carbocycles. The van der Waals surface area contributed by atoms with Crippen LogP contribution in [0, 0.1) is 0 Å². The van der Waals surface area contributed by atoms with Gasteiger partial charge >= 0.3 is 5.97 Å². The van der Waals surface area contributed by atoms with Gasteiger partial charge in [0, 0.05) is 12.1 Å². The van der Waals surface area contributed by atoms with Gasteiger partial charge in [-0.25, -0.2) is 4.79 Å². The van der Waals surface area contributed by atoms with Crippen molar-refractivity contribution in [2.24, 2.45) is 0 Å². The summed E-state index contributed by atoms with van der Waals surface area (Å²) in [7, 11) is -2.82. The maximum atomic E-state index is 11.8. The average molecular weight is 370 g/mol. The van der Waals surface area contributed by atoms with Crippen molar-refractivity contribution >= 4 is 22.4 Å². The van der Waals surface area contributed by atoms with Crippen molar-refractivity contribution in [3.05, 3.63) is 59.7 Å². The van der Waals surface area contributed by atoms with Crippen molar-refractivity contribution in [1.29, 1.82) is 0 Å². The molecule has 0 radical (unpaired) electrons. The molecule has 0 unspecified atom stereocenters. The molecule has 132 valence electrons. The predicted molar refractivity (Wildman–Crippen MR) is 109 cm³/mol. The molecule has 1 aliphatic rings. The highest BCUT2D eigenvalue weighted by atomic mass is 28.4. The summed E-state index contributed by atoms with van der Waals surface area (Å²) in [4.78, 5) is 11.8. The summed E-state index contributed by atoms with van der Waals surface area (Å²) in [6.45, 7) is 10.7. The maximum Gasteiger partial charge on any atom is 0.336 e. The van der Waals surface area contributed by atoms with Gasteiger partial charge in [-0.15, -0.1) is 0 Å². The Morgan fingerprint density at radius 2 is 1.56 bits per heavy atom. The van der Waals surface area contributed by atoms with Crippen LogP contribution in [0.3, 0.4) is 0 Å². The molecule has 2 aromatic carbocycles. The summed E-state index contributed by atoms with van der Waals surface area (Å²) in [6, 6.07) is 18.4. The zero-order valence-corrected chi connectivity index (χ0v) is 17.5. The molecular weight excluding hydrogens is 342 g/mol. The molecule has 0 bridgehead atoms. The van der Waals surface area contributed by atoms with Crippen molar-refractivity contribution in [2.75, 3.05) is 0 Å². The smallest absolute Gasteiger partial charge is 0.336 e. The lowest BCUT2D eigenvalue weighted by Crippen LogP contribution is -2.54. The van der Waals surface area contributed by atoms with Gasteiger partial charge in [0.2, 0.25) is 0 Å². The normalized spacial score (nSPS) is 19.0. The van der Waals surface area contributed by atoms with E-state index < -0.39 is 22.4 Å². The number of carbonyl (C=O) groups is 1. The monoisotopic (exact) mass is 369 g/mol. The van der Waals surface area contributed by atoms with Crippen LogP contribution >= 0.6 is 0 Å². The highest BCUT2D eigenvalue weighted by Gasteiger charge is 2.47. The number of hydrogen-bond acceptors (Lipinski definition) is 2. The molecular formula is C20H27NO2Si2. The Kier molecular flexibility index (Phi) is 4.75. The summed E-state index contributed by atoms with van der Waals surface area (Å²) >= 11 is 0. The maximum absolute atomic E-state index is 11.8. The molecule has 3 nitrogen and oxygen atoms in total. The van der Waals surface area contributed by atoms with E-state index in [2.05, 4.69) is 36.5 Å². The van der Waals surface area contributed by atoms with Gasteiger partial charge in [-0.3, -0.25) is 0 Å². The Balaban J connectivity index is 2.11. The second-order valence-electron chi connectivity index (χ2n) is 8.22. The minimum Gasteiger partial charge on any atom is -0.478 e. The van der Waals surface area contributed by atoms with Gasteiger partial charge in [0.25, 0.3) is 0 Å². The Labute approximate surface area is 152 Å². The van der Waals surface area contributed by atoms with Crippen LogP contribution in [0.25, 0.3) is 11.1 Å². The Morgan fingerprint density at radius 3 is 2.12 bits per heavy atom. The van der Waals surface area contributed by atoms with Crippen LogP contribution in [0.2, 0.25) is 38.3 Å². The number of rotatable bonds is 4. The Morgan fingerprint density at radius 1 is 0.960 bits per heavy atom. The van der Waals surface area contributed by atoms with E-state index in [-0.39, 0.29) is 0 Å². The van der Waals surface area contributed by atoms with Crippen LogP contribution in [0.15, 0.2) is 48.5 Å². The molecule has 5 heteroatoms. The van der Waals surface area contributed by atoms with E-state index >= 15 is 0 Å². The number of aromatic carboxylic acids is 1. The number of hydrogen-bond donors (Lipinski definition) is 1. The SMILES string of the molecule is C[Si]1(C)CC[Si](C)(C)N1Cc1cccc(C(=O)O)c1-c1ccccc1. The Bertz CT molecular complexity index is 772. The van der Waals surface area contributed by atoms with Crippen LogP contribution in [0.5, 0.6) is 0 Å². The fourth-order valence-electron chi connectivity index (χ4n) is 4.16. The lowest BCUT2D eigenvalue weighted by molar-refractivity contribution is 0.0697. The minimum absolute atomic E-state index is 0.404. The third-order valence-electron chi connectivity index (χ3n) is 5.58. The molecule has 0 atom stereocenters. The van der Waals surface area contributed by atoms with Crippen LogP contribution in [0.1, 0.15) is 15.9 Å². The standard InChI is InChI=1S/C20H27NO2Si2/c1-24(2)13-14-25(3,4)21(24)15-17-11-8-12-18(20(22)23)19(17)16-9-6-5-7-10-16/h5-12H,13-15H2,1-4H3,(H,22,23). The molecule has 0 aromatic heterocycles. The first-order valence-corrected chi connectivity index (χ1v) is 15.2. The van der Waals surface area contributed by atoms with E-state index in [1.807, 2.05) is 36.4 Å². The molecule has 2 aromatic rings. The average Bonchev–Trinajstić information content (AvgIpc) is 2.78. The minimum atomic E-state index is -1.41. The first-order valence-electron chi connectivity index (χ1n) is 8.91. The summed E-state index contributed by atoms with van der Waals surface area (Å²) in [5, 5.41) is 9.72. The van der Waals surface area contributed by atoms with E-state index in [0.717, 1.165) is 23.2 Å². The van der Waals surface area contributed by atoms with Gasteiger partial charge < -0.3 is 9.34 Å². The van der Waals surface area contributed by atoms with Gasteiger partial charge in [0.15, 0.2) is 0 Å². The first-order chi connectivity index (χ1) is 11.7. The van der Waals surface area contributed by atoms with Gasteiger partial charge in [0.05, 0.1) is 5.56 Å². The van der Waals surface area contributed by atoms with Gasteiger partial charge in [-0.05, 0) is 29.3 Å². The van der Waals surface area contributed by atoms with E-state index in [9.17, 15) is 9.90 Å². The van der Waals surface area contributed by atoms with E-state index in [4.69, 9.17) is 0 Å².